The Morgan fingerprint density at radius 2 is 1.67 bits per heavy atom. The van der Waals surface area contributed by atoms with Gasteiger partial charge in [-0.25, -0.2) is 0 Å². The van der Waals surface area contributed by atoms with Gasteiger partial charge in [-0.05, 0) is 67.8 Å². The van der Waals surface area contributed by atoms with E-state index in [0.717, 1.165) is 27.9 Å². The Bertz CT molecular complexity index is 846. The molecule has 1 aliphatic heterocycles. The monoisotopic (exact) mass is 355 g/mol. The SMILES string of the molecule is Cc1ccc(N2C(=O)/C(=C\c3cc(C)c(O)c(C)c3)SC2=S)cc1. The van der Waals surface area contributed by atoms with Crippen molar-refractivity contribution in [2.45, 2.75) is 20.8 Å². The van der Waals surface area contributed by atoms with Crippen molar-refractivity contribution in [3.05, 3.63) is 63.6 Å². The third-order valence-corrected chi connectivity index (χ3v) is 5.20. The lowest BCUT2D eigenvalue weighted by molar-refractivity contribution is -0.113. The second-order valence-electron chi connectivity index (χ2n) is 5.86. The molecule has 1 amide bonds. The average Bonchev–Trinajstić information content (AvgIpc) is 2.80. The average molecular weight is 355 g/mol. The summed E-state index contributed by atoms with van der Waals surface area (Å²) < 4.78 is 0.530. The Kier molecular flexibility index (Phi) is 4.47. The minimum absolute atomic E-state index is 0.114. The number of anilines is 1. The number of thiocarbonyl (C=S) groups is 1. The van der Waals surface area contributed by atoms with Crippen molar-refractivity contribution in [1.82, 2.24) is 0 Å². The number of hydrogen-bond donors (Lipinski definition) is 1. The molecule has 1 heterocycles. The summed E-state index contributed by atoms with van der Waals surface area (Å²) in [5.41, 5.74) is 4.37. The largest absolute Gasteiger partial charge is 0.507 e. The molecule has 0 unspecified atom stereocenters. The number of carbonyl (C=O) groups excluding carboxylic acids is 1. The molecule has 0 aliphatic carbocycles. The molecule has 0 atom stereocenters. The number of phenols is 1. The highest BCUT2D eigenvalue weighted by molar-refractivity contribution is 8.27. The number of aromatic hydroxyl groups is 1. The summed E-state index contributed by atoms with van der Waals surface area (Å²) in [6.45, 7) is 5.69. The van der Waals surface area contributed by atoms with Crippen LogP contribution in [0.2, 0.25) is 0 Å². The molecule has 0 spiro atoms. The number of hydrogen-bond acceptors (Lipinski definition) is 4. The molecule has 1 saturated heterocycles. The Labute approximate surface area is 151 Å². The molecule has 2 aromatic rings. The number of carbonyl (C=O) groups is 1. The number of nitrogens with zero attached hydrogens (tertiary/aromatic N) is 1. The minimum Gasteiger partial charge on any atom is -0.507 e. The van der Waals surface area contributed by atoms with Crippen LogP contribution >= 0.6 is 24.0 Å². The Balaban J connectivity index is 1.95. The number of rotatable bonds is 2. The van der Waals surface area contributed by atoms with E-state index in [1.54, 1.807) is 4.90 Å². The summed E-state index contributed by atoms with van der Waals surface area (Å²) >= 11 is 6.68. The molecule has 0 radical (unpaired) electrons. The smallest absolute Gasteiger partial charge is 0.270 e. The highest BCUT2D eigenvalue weighted by Gasteiger charge is 2.33. The summed E-state index contributed by atoms with van der Waals surface area (Å²) in [7, 11) is 0. The van der Waals surface area contributed by atoms with Gasteiger partial charge < -0.3 is 5.11 Å². The van der Waals surface area contributed by atoms with Gasteiger partial charge in [0.1, 0.15) is 5.75 Å². The van der Waals surface area contributed by atoms with Crippen LogP contribution in [-0.4, -0.2) is 15.3 Å². The molecule has 5 heteroatoms. The highest BCUT2D eigenvalue weighted by Crippen LogP contribution is 2.36. The van der Waals surface area contributed by atoms with Gasteiger partial charge in [0.15, 0.2) is 4.32 Å². The number of phenolic OH excluding ortho intramolecular Hbond substituents is 1. The molecule has 1 aliphatic rings. The number of aryl methyl sites for hydroxylation is 3. The van der Waals surface area contributed by atoms with E-state index >= 15 is 0 Å². The zero-order chi connectivity index (χ0) is 17.4. The number of amides is 1. The van der Waals surface area contributed by atoms with Crippen LogP contribution in [0.25, 0.3) is 6.08 Å². The first-order chi connectivity index (χ1) is 11.4. The van der Waals surface area contributed by atoms with Crippen LogP contribution in [-0.2, 0) is 4.79 Å². The highest BCUT2D eigenvalue weighted by atomic mass is 32.2. The van der Waals surface area contributed by atoms with Crippen molar-refractivity contribution in [2.75, 3.05) is 4.90 Å². The fourth-order valence-corrected chi connectivity index (χ4v) is 3.91. The lowest BCUT2D eigenvalue weighted by Crippen LogP contribution is -2.27. The van der Waals surface area contributed by atoms with E-state index in [-0.39, 0.29) is 5.91 Å². The van der Waals surface area contributed by atoms with Crippen LogP contribution < -0.4 is 4.90 Å². The van der Waals surface area contributed by atoms with Crippen molar-refractivity contribution in [3.63, 3.8) is 0 Å². The van der Waals surface area contributed by atoms with Gasteiger partial charge in [0, 0.05) is 0 Å². The van der Waals surface area contributed by atoms with Gasteiger partial charge >= 0.3 is 0 Å². The van der Waals surface area contributed by atoms with Crippen LogP contribution in [0.4, 0.5) is 5.69 Å². The molecule has 1 N–H and O–H groups in total. The summed E-state index contributed by atoms with van der Waals surface area (Å²) in [5, 5.41) is 9.88. The maximum Gasteiger partial charge on any atom is 0.270 e. The number of thioether (sulfide) groups is 1. The maximum atomic E-state index is 12.7. The van der Waals surface area contributed by atoms with E-state index in [1.807, 2.05) is 63.2 Å². The molecule has 24 heavy (non-hydrogen) atoms. The normalized spacial score (nSPS) is 16.3. The standard InChI is InChI=1S/C19H17NO2S2/c1-11-4-6-15(7-5-11)20-18(22)16(24-19(20)23)10-14-8-12(2)17(21)13(3)9-14/h4-10,21H,1-3H3/b16-10+. The van der Waals surface area contributed by atoms with E-state index in [4.69, 9.17) is 12.2 Å². The van der Waals surface area contributed by atoms with E-state index in [2.05, 4.69) is 0 Å². The molecule has 1 fully saturated rings. The van der Waals surface area contributed by atoms with Crippen LogP contribution in [0.1, 0.15) is 22.3 Å². The second kappa shape index (κ2) is 6.42. The van der Waals surface area contributed by atoms with E-state index in [0.29, 0.717) is 15.0 Å². The number of benzene rings is 2. The van der Waals surface area contributed by atoms with E-state index in [1.165, 1.54) is 11.8 Å². The molecule has 0 aromatic heterocycles. The first-order valence-corrected chi connectivity index (χ1v) is 8.74. The van der Waals surface area contributed by atoms with Crippen LogP contribution in [0.5, 0.6) is 5.75 Å². The molecule has 0 bridgehead atoms. The molecular formula is C19H17NO2S2. The Morgan fingerprint density at radius 3 is 2.25 bits per heavy atom. The first-order valence-electron chi connectivity index (χ1n) is 7.51. The predicted molar refractivity (Wildman–Crippen MR) is 104 cm³/mol. The maximum absolute atomic E-state index is 12.7. The molecule has 0 saturated carbocycles. The zero-order valence-electron chi connectivity index (χ0n) is 13.7. The minimum atomic E-state index is -0.114. The molecule has 122 valence electrons. The lowest BCUT2D eigenvalue weighted by Gasteiger charge is -2.14. The van der Waals surface area contributed by atoms with Crippen molar-refractivity contribution in [1.29, 1.82) is 0 Å². The van der Waals surface area contributed by atoms with Crippen molar-refractivity contribution < 1.29 is 9.90 Å². The first kappa shape index (κ1) is 16.7. The zero-order valence-corrected chi connectivity index (χ0v) is 15.3. The van der Waals surface area contributed by atoms with Crippen LogP contribution in [0.15, 0.2) is 41.3 Å². The molecule has 3 rings (SSSR count). The van der Waals surface area contributed by atoms with Crippen LogP contribution in [0.3, 0.4) is 0 Å². The van der Waals surface area contributed by atoms with Crippen LogP contribution in [0, 0.1) is 20.8 Å². The van der Waals surface area contributed by atoms with Crippen molar-refractivity contribution in [2.24, 2.45) is 0 Å². The third kappa shape index (κ3) is 3.09. The lowest BCUT2D eigenvalue weighted by atomic mass is 10.1. The summed E-state index contributed by atoms with van der Waals surface area (Å²) in [6, 6.07) is 11.5. The van der Waals surface area contributed by atoms with Gasteiger partial charge in [-0.2, -0.15) is 0 Å². The Hall–Kier alpha value is -2.11. The van der Waals surface area contributed by atoms with E-state index < -0.39 is 0 Å². The fourth-order valence-electron chi connectivity index (χ4n) is 2.61. The van der Waals surface area contributed by atoms with Gasteiger partial charge in [-0.15, -0.1) is 0 Å². The molecular weight excluding hydrogens is 338 g/mol. The van der Waals surface area contributed by atoms with Gasteiger partial charge in [-0.3, -0.25) is 9.69 Å². The van der Waals surface area contributed by atoms with Gasteiger partial charge in [0.05, 0.1) is 10.6 Å². The topological polar surface area (TPSA) is 40.5 Å². The second-order valence-corrected chi connectivity index (χ2v) is 7.53. The van der Waals surface area contributed by atoms with E-state index in [9.17, 15) is 9.90 Å². The molecule has 2 aromatic carbocycles. The fraction of sp³-hybridized carbons (Fsp3) is 0.158. The summed E-state index contributed by atoms with van der Waals surface area (Å²) in [4.78, 5) is 14.9. The van der Waals surface area contributed by atoms with Gasteiger partial charge in [0.25, 0.3) is 5.91 Å². The third-order valence-electron chi connectivity index (χ3n) is 3.90. The Morgan fingerprint density at radius 1 is 1.08 bits per heavy atom. The van der Waals surface area contributed by atoms with Gasteiger partial charge in [0.2, 0.25) is 0 Å². The summed E-state index contributed by atoms with van der Waals surface area (Å²) in [6.07, 6.45) is 1.83. The van der Waals surface area contributed by atoms with Crippen molar-refractivity contribution >= 4 is 46.0 Å². The van der Waals surface area contributed by atoms with Crippen molar-refractivity contribution in [3.8, 4) is 5.75 Å². The quantitative estimate of drug-likeness (QED) is 0.625. The summed E-state index contributed by atoms with van der Waals surface area (Å²) in [5.74, 6) is 0.177. The molecule has 3 nitrogen and oxygen atoms in total. The van der Waals surface area contributed by atoms with Gasteiger partial charge in [-0.1, -0.05) is 41.7 Å². The predicted octanol–water partition coefficient (Wildman–Crippen LogP) is 4.72.